The second kappa shape index (κ2) is 6.02. The minimum Gasteiger partial charge on any atom is -0.464 e. The molecule has 2 fully saturated rings. The third-order valence-electron chi connectivity index (χ3n) is 4.61. The molecule has 116 valence electrons. The lowest BCUT2D eigenvalue weighted by molar-refractivity contribution is -0.317. The molecule has 0 spiro atoms. The third-order valence-corrected chi connectivity index (χ3v) is 4.61. The first-order valence-corrected chi connectivity index (χ1v) is 7.91. The van der Waals surface area contributed by atoms with Gasteiger partial charge in [0.1, 0.15) is 6.10 Å². The smallest absolute Gasteiger partial charge is 0.293 e. The van der Waals surface area contributed by atoms with Crippen LogP contribution in [-0.2, 0) is 14.4 Å². The number of rotatable bonds is 4. The number of hydrogen-bond donors (Lipinski definition) is 0. The zero-order chi connectivity index (χ0) is 14.8. The standard InChI is InChI=1S/C16H29NO3/c1-15(2)10-14(19-12-18)11-16(3,4)17(15)20-13-8-6-5-7-9-13/h12-14H,5-11H2,1-4H3. The maximum Gasteiger partial charge on any atom is 0.293 e. The van der Waals surface area contributed by atoms with E-state index in [9.17, 15) is 4.79 Å². The van der Waals surface area contributed by atoms with Crippen LogP contribution in [0.2, 0.25) is 0 Å². The highest BCUT2D eigenvalue weighted by molar-refractivity contribution is 5.37. The van der Waals surface area contributed by atoms with E-state index in [4.69, 9.17) is 9.57 Å². The Bertz CT molecular complexity index is 317. The van der Waals surface area contributed by atoms with E-state index in [-0.39, 0.29) is 17.2 Å². The monoisotopic (exact) mass is 283 g/mol. The number of ether oxygens (including phenoxy) is 1. The predicted molar refractivity (Wildman–Crippen MR) is 78.1 cm³/mol. The van der Waals surface area contributed by atoms with Gasteiger partial charge in [-0.2, -0.15) is 5.06 Å². The molecule has 0 aromatic carbocycles. The Hall–Kier alpha value is -0.610. The molecule has 2 rings (SSSR count). The van der Waals surface area contributed by atoms with E-state index in [1.165, 1.54) is 19.3 Å². The van der Waals surface area contributed by atoms with Gasteiger partial charge in [-0.1, -0.05) is 19.3 Å². The van der Waals surface area contributed by atoms with Gasteiger partial charge >= 0.3 is 0 Å². The molecule has 4 heteroatoms. The van der Waals surface area contributed by atoms with Gasteiger partial charge in [-0.05, 0) is 40.5 Å². The molecule has 0 atom stereocenters. The summed E-state index contributed by atoms with van der Waals surface area (Å²) in [4.78, 5) is 17.0. The van der Waals surface area contributed by atoms with Crippen molar-refractivity contribution in [3.8, 4) is 0 Å². The Labute approximate surface area is 122 Å². The highest BCUT2D eigenvalue weighted by Crippen LogP contribution is 2.41. The quantitative estimate of drug-likeness (QED) is 0.741. The fourth-order valence-corrected chi connectivity index (χ4v) is 3.95. The van der Waals surface area contributed by atoms with Crippen molar-refractivity contribution < 1.29 is 14.4 Å². The summed E-state index contributed by atoms with van der Waals surface area (Å²) < 4.78 is 5.23. The number of hydroxylamine groups is 2. The van der Waals surface area contributed by atoms with E-state index < -0.39 is 0 Å². The summed E-state index contributed by atoms with van der Waals surface area (Å²) >= 11 is 0. The van der Waals surface area contributed by atoms with Gasteiger partial charge in [0.2, 0.25) is 0 Å². The van der Waals surface area contributed by atoms with E-state index >= 15 is 0 Å². The first kappa shape index (κ1) is 15.8. The van der Waals surface area contributed by atoms with Gasteiger partial charge in [0.25, 0.3) is 6.47 Å². The van der Waals surface area contributed by atoms with Crippen molar-refractivity contribution in [2.75, 3.05) is 0 Å². The molecule has 4 nitrogen and oxygen atoms in total. The Morgan fingerprint density at radius 2 is 1.50 bits per heavy atom. The van der Waals surface area contributed by atoms with E-state index in [0.29, 0.717) is 12.6 Å². The second-order valence-corrected chi connectivity index (χ2v) is 7.55. The van der Waals surface area contributed by atoms with Crippen LogP contribution in [0.4, 0.5) is 0 Å². The molecule has 20 heavy (non-hydrogen) atoms. The summed E-state index contributed by atoms with van der Waals surface area (Å²) in [6.07, 6.45) is 8.20. The van der Waals surface area contributed by atoms with Gasteiger partial charge in [-0.3, -0.25) is 9.63 Å². The van der Waals surface area contributed by atoms with Crippen LogP contribution < -0.4 is 0 Å². The number of carbonyl (C=O) groups excluding carboxylic acids is 1. The molecule has 1 saturated carbocycles. The Balaban J connectivity index is 2.07. The molecule has 0 aromatic heterocycles. The average molecular weight is 283 g/mol. The lowest BCUT2D eigenvalue weighted by Crippen LogP contribution is -2.62. The summed E-state index contributed by atoms with van der Waals surface area (Å²) in [5.41, 5.74) is -0.236. The molecule has 2 aliphatic rings. The van der Waals surface area contributed by atoms with Gasteiger partial charge in [-0.15, -0.1) is 0 Å². The molecule has 0 amide bonds. The molecule has 1 aliphatic carbocycles. The Morgan fingerprint density at radius 1 is 0.950 bits per heavy atom. The summed E-state index contributed by atoms with van der Waals surface area (Å²) in [5.74, 6) is 0. The highest BCUT2D eigenvalue weighted by Gasteiger charge is 2.48. The number of carbonyl (C=O) groups is 1. The van der Waals surface area contributed by atoms with E-state index in [1.54, 1.807) is 0 Å². The molecular weight excluding hydrogens is 254 g/mol. The van der Waals surface area contributed by atoms with E-state index in [0.717, 1.165) is 25.7 Å². The van der Waals surface area contributed by atoms with Crippen LogP contribution in [0.25, 0.3) is 0 Å². The fraction of sp³-hybridized carbons (Fsp3) is 0.938. The third kappa shape index (κ3) is 3.53. The summed E-state index contributed by atoms with van der Waals surface area (Å²) in [6, 6.07) is 0. The van der Waals surface area contributed by atoms with Crippen LogP contribution in [0.3, 0.4) is 0 Å². The number of nitrogens with zero attached hydrogens (tertiary/aromatic N) is 1. The molecule has 1 saturated heterocycles. The summed E-state index contributed by atoms with van der Waals surface area (Å²) in [6.45, 7) is 9.29. The molecule has 0 N–H and O–H groups in total. The normalized spacial score (nSPS) is 28.2. The molecule has 1 heterocycles. The van der Waals surface area contributed by atoms with Crippen LogP contribution in [0, 0.1) is 0 Å². The SMILES string of the molecule is CC1(C)CC(OC=O)CC(C)(C)N1OC1CCCCC1. The van der Waals surface area contributed by atoms with Gasteiger partial charge < -0.3 is 4.74 Å². The average Bonchev–Trinajstić information content (AvgIpc) is 2.35. The molecule has 0 aromatic rings. The van der Waals surface area contributed by atoms with Crippen LogP contribution in [0.5, 0.6) is 0 Å². The zero-order valence-corrected chi connectivity index (χ0v) is 13.4. The topological polar surface area (TPSA) is 38.8 Å². The first-order valence-electron chi connectivity index (χ1n) is 7.91. The van der Waals surface area contributed by atoms with Crippen molar-refractivity contribution in [1.29, 1.82) is 0 Å². The fourth-order valence-electron chi connectivity index (χ4n) is 3.95. The van der Waals surface area contributed by atoms with Crippen molar-refractivity contribution >= 4 is 6.47 Å². The van der Waals surface area contributed by atoms with Crippen LogP contribution >= 0.6 is 0 Å². The minimum atomic E-state index is -0.118. The Morgan fingerprint density at radius 3 is 2.00 bits per heavy atom. The summed E-state index contributed by atoms with van der Waals surface area (Å²) in [7, 11) is 0. The lowest BCUT2D eigenvalue weighted by Gasteiger charge is -2.54. The molecule has 0 radical (unpaired) electrons. The summed E-state index contributed by atoms with van der Waals surface area (Å²) in [5, 5.41) is 2.18. The van der Waals surface area contributed by atoms with Crippen LogP contribution in [0.15, 0.2) is 0 Å². The van der Waals surface area contributed by atoms with Gasteiger partial charge in [-0.25, -0.2) is 0 Å². The molecule has 0 unspecified atom stereocenters. The van der Waals surface area contributed by atoms with Crippen molar-refractivity contribution in [2.45, 2.75) is 95.9 Å². The highest BCUT2D eigenvalue weighted by atomic mass is 16.7. The second-order valence-electron chi connectivity index (χ2n) is 7.55. The number of piperidine rings is 1. The molecule has 0 bridgehead atoms. The van der Waals surface area contributed by atoms with Crippen molar-refractivity contribution in [2.24, 2.45) is 0 Å². The molecule has 1 aliphatic heterocycles. The largest absolute Gasteiger partial charge is 0.464 e. The van der Waals surface area contributed by atoms with Crippen molar-refractivity contribution in [1.82, 2.24) is 5.06 Å². The number of hydrogen-bond acceptors (Lipinski definition) is 4. The maximum atomic E-state index is 10.6. The van der Waals surface area contributed by atoms with E-state index in [2.05, 4.69) is 32.8 Å². The van der Waals surface area contributed by atoms with Gasteiger partial charge in [0.05, 0.1) is 6.10 Å². The zero-order valence-electron chi connectivity index (χ0n) is 13.4. The maximum absolute atomic E-state index is 10.6. The first-order chi connectivity index (χ1) is 9.35. The van der Waals surface area contributed by atoms with E-state index in [1.807, 2.05) is 0 Å². The molecular formula is C16H29NO3. The van der Waals surface area contributed by atoms with Crippen molar-refractivity contribution in [3.63, 3.8) is 0 Å². The Kier molecular flexibility index (Phi) is 4.75. The van der Waals surface area contributed by atoms with Gasteiger partial charge in [0.15, 0.2) is 0 Å². The minimum absolute atomic E-state index is 0.0105. The van der Waals surface area contributed by atoms with Crippen LogP contribution in [0.1, 0.15) is 72.6 Å². The van der Waals surface area contributed by atoms with Crippen LogP contribution in [-0.4, -0.2) is 34.8 Å². The van der Waals surface area contributed by atoms with Crippen molar-refractivity contribution in [3.05, 3.63) is 0 Å². The van der Waals surface area contributed by atoms with Gasteiger partial charge in [0, 0.05) is 23.9 Å². The predicted octanol–water partition coefficient (Wildman–Crippen LogP) is 3.45. The lowest BCUT2D eigenvalue weighted by atomic mass is 9.80.